The molecule has 1 atom stereocenters. The van der Waals surface area contributed by atoms with Crippen molar-refractivity contribution in [1.82, 2.24) is 4.98 Å². The Labute approximate surface area is 145 Å². The Morgan fingerprint density at radius 1 is 1.44 bits per heavy atom. The summed E-state index contributed by atoms with van der Waals surface area (Å²) >= 11 is 0. The van der Waals surface area contributed by atoms with E-state index in [1.54, 1.807) is 27.7 Å². The van der Waals surface area contributed by atoms with Gasteiger partial charge in [0.05, 0.1) is 12.1 Å². The van der Waals surface area contributed by atoms with E-state index < -0.39 is 23.8 Å². The van der Waals surface area contributed by atoms with Gasteiger partial charge in [0.15, 0.2) is 12.5 Å². The van der Waals surface area contributed by atoms with Gasteiger partial charge in [-0.25, -0.2) is 14.2 Å². The Balaban J connectivity index is 3.21. The van der Waals surface area contributed by atoms with E-state index in [1.807, 2.05) is 0 Å². The minimum atomic E-state index is -1.59. The molecule has 0 radical (unpaired) electrons. The Morgan fingerprint density at radius 2 is 2.08 bits per heavy atom. The minimum absolute atomic E-state index is 0.0737. The second-order valence-electron chi connectivity index (χ2n) is 6.36. The number of halogens is 2. The lowest BCUT2D eigenvalue weighted by atomic mass is 10.2. The summed E-state index contributed by atoms with van der Waals surface area (Å²) in [4.78, 5) is 27.8. The molecule has 1 aromatic rings. The molecule has 0 bridgehead atoms. The van der Waals surface area contributed by atoms with Gasteiger partial charge < -0.3 is 10.1 Å². The van der Waals surface area contributed by atoms with Crippen molar-refractivity contribution in [1.29, 1.82) is 5.41 Å². The first kappa shape index (κ1) is 20.4. The highest BCUT2D eigenvalue weighted by atomic mass is 19.1. The fourth-order valence-corrected chi connectivity index (χ4v) is 1.85. The molecule has 1 N–H and O–H groups in total. The normalized spacial score (nSPS) is 13.1. The van der Waals surface area contributed by atoms with Crippen molar-refractivity contribution < 1.29 is 23.1 Å². The zero-order valence-corrected chi connectivity index (χ0v) is 14.5. The monoisotopic (exact) mass is 353 g/mol. The number of pyridine rings is 1. The fourth-order valence-electron chi connectivity index (χ4n) is 1.85. The topological polar surface area (TPSA) is 83.4 Å². The van der Waals surface area contributed by atoms with Crippen molar-refractivity contribution in [3.05, 3.63) is 35.3 Å². The average Bonchev–Trinajstić information content (AvgIpc) is 2.50. The molecule has 136 valence electrons. The summed E-state index contributed by atoms with van der Waals surface area (Å²) in [5.41, 5.74) is -0.623. The number of alkyl halides is 1. The number of carbonyl (C=O) groups is 2. The van der Waals surface area contributed by atoms with E-state index in [0.29, 0.717) is 18.1 Å². The maximum atomic E-state index is 13.8. The number of carbonyl (C=O) groups excluding carboxylic acids is 2. The first-order valence-electron chi connectivity index (χ1n) is 7.51. The number of nitrogens with one attached hydrogen (secondary N) is 1. The number of hydrogen-bond acceptors (Lipinski definition) is 5. The summed E-state index contributed by atoms with van der Waals surface area (Å²) in [6.07, 6.45) is -0.315. The summed E-state index contributed by atoms with van der Waals surface area (Å²) < 4.78 is 32.4. The zero-order chi connectivity index (χ0) is 19.2. The van der Waals surface area contributed by atoms with Gasteiger partial charge in [-0.3, -0.25) is 9.69 Å². The Hall–Kier alpha value is -2.64. The maximum Gasteiger partial charge on any atom is 0.416 e. The highest BCUT2D eigenvalue weighted by Gasteiger charge is 2.25. The van der Waals surface area contributed by atoms with Gasteiger partial charge in [0.1, 0.15) is 11.4 Å². The molecular formula is C17H21F2N3O3. The predicted molar refractivity (Wildman–Crippen MR) is 90.6 cm³/mol. The third-order valence-corrected chi connectivity index (χ3v) is 2.89. The van der Waals surface area contributed by atoms with Crippen LogP contribution in [0.1, 0.15) is 38.1 Å². The van der Waals surface area contributed by atoms with Gasteiger partial charge in [-0.15, -0.1) is 0 Å². The van der Waals surface area contributed by atoms with E-state index in [9.17, 15) is 18.4 Å². The predicted octanol–water partition coefficient (Wildman–Crippen LogP) is 3.71. The van der Waals surface area contributed by atoms with Gasteiger partial charge in [0.25, 0.3) is 0 Å². The number of allylic oxidation sites excluding steroid dienone is 1. The third kappa shape index (κ3) is 6.40. The molecule has 0 aromatic carbocycles. The number of hydrogen-bond donors (Lipinski definition) is 1. The standard InChI is InChI=1S/C17H21F2N3O3/c1-11(7-13(18)8-20)9-22(16(24)25-17(2,3)4)14-6-5-12(10-23)15(19)21-14/h5-8,10,13,20H,9H2,1-4H3/b11-7+,20-8?. The highest BCUT2D eigenvalue weighted by molar-refractivity contribution is 5.87. The van der Waals surface area contributed by atoms with Crippen LogP contribution in [-0.4, -0.2) is 41.9 Å². The molecule has 6 nitrogen and oxygen atoms in total. The van der Waals surface area contributed by atoms with Gasteiger partial charge >= 0.3 is 6.09 Å². The van der Waals surface area contributed by atoms with E-state index in [0.717, 1.165) is 11.0 Å². The van der Waals surface area contributed by atoms with Crippen LogP contribution in [0.3, 0.4) is 0 Å². The van der Waals surface area contributed by atoms with E-state index in [2.05, 4.69) is 4.98 Å². The van der Waals surface area contributed by atoms with Gasteiger partial charge in [-0.05, 0) is 45.9 Å². The molecule has 1 amide bonds. The van der Waals surface area contributed by atoms with Crippen molar-refractivity contribution in [2.75, 3.05) is 11.4 Å². The van der Waals surface area contributed by atoms with Crippen molar-refractivity contribution in [3.8, 4) is 0 Å². The molecular weight excluding hydrogens is 332 g/mol. The van der Waals surface area contributed by atoms with Crippen LogP contribution in [0.4, 0.5) is 19.4 Å². The lowest BCUT2D eigenvalue weighted by Crippen LogP contribution is -2.38. The summed E-state index contributed by atoms with van der Waals surface area (Å²) in [6, 6.07) is 2.49. The van der Waals surface area contributed by atoms with Gasteiger partial charge in [-0.1, -0.05) is 5.57 Å². The SMILES string of the molecule is C/C(=C\C(F)C=N)CN(C(=O)OC(C)(C)C)c1ccc(C=O)c(F)n1. The van der Waals surface area contributed by atoms with Crippen molar-refractivity contribution >= 4 is 24.4 Å². The number of ether oxygens (including phenoxy) is 1. The van der Waals surface area contributed by atoms with E-state index in [4.69, 9.17) is 10.1 Å². The Bertz CT molecular complexity index is 684. The fraction of sp³-hybridized carbons (Fsp3) is 0.412. The molecule has 1 heterocycles. The van der Waals surface area contributed by atoms with Crippen molar-refractivity contribution in [2.45, 2.75) is 39.5 Å². The van der Waals surface area contributed by atoms with Crippen molar-refractivity contribution in [3.63, 3.8) is 0 Å². The molecule has 1 rings (SSSR count). The second kappa shape index (κ2) is 8.46. The number of nitrogens with zero attached hydrogens (tertiary/aromatic N) is 2. The number of rotatable bonds is 6. The average molecular weight is 353 g/mol. The molecule has 0 aliphatic carbocycles. The molecule has 0 fully saturated rings. The number of amides is 1. The summed E-state index contributed by atoms with van der Waals surface area (Å²) in [5, 5.41) is 6.88. The smallest absolute Gasteiger partial charge is 0.416 e. The van der Waals surface area contributed by atoms with Crippen LogP contribution >= 0.6 is 0 Å². The number of aldehydes is 1. The molecule has 1 unspecified atom stereocenters. The third-order valence-electron chi connectivity index (χ3n) is 2.89. The second-order valence-corrected chi connectivity index (χ2v) is 6.36. The molecule has 0 aliphatic rings. The maximum absolute atomic E-state index is 13.8. The number of anilines is 1. The summed E-state index contributed by atoms with van der Waals surface area (Å²) in [5.74, 6) is -1.10. The zero-order valence-electron chi connectivity index (χ0n) is 14.5. The van der Waals surface area contributed by atoms with Crippen LogP contribution in [0.25, 0.3) is 0 Å². The van der Waals surface area contributed by atoms with Crippen LogP contribution < -0.4 is 4.90 Å². The quantitative estimate of drug-likeness (QED) is 0.366. The van der Waals surface area contributed by atoms with Gasteiger partial charge in [0, 0.05) is 6.21 Å². The molecule has 0 spiro atoms. The summed E-state index contributed by atoms with van der Waals surface area (Å²) in [7, 11) is 0. The molecule has 0 saturated carbocycles. The van der Waals surface area contributed by atoms with Crippen LogP contribution in [0.5, 0.6) is 0 Å². The lowest BCUT2D eigenvalue weighted by molar-refractivity contribution is 0.0582. The van der Waals surface area contributed by atoms with Crippen LogP contribution in [0.2, 0.25) is 0 Å². The largest absolute Gasteiger partial charge is 0.443 e. The summed E-state index contributed by atoms with van der Waals surface area (Å²) in [6.45, 7) is 6.45. The Morgan fingerprint density at radius 3 is 2.56 bits per heavy atom. The van der Waals surface area contributed by atoms with Crippen LogP contribution in [-0.2, 0) is 4.74 Å². The Kier molecular flexibility index (Phi) is 6.90. The lowest BCUT2D eigenvalue weighted by Gasteiger charge is -2.27. The van der Waals surface area contributed by atoms with E-state index in [-0.39, 0.29) is 17.9 Å². The number of aromatic nitrogens is 1. The molecule has 8 heteroatoms. The van der Waals surface area contributed by atoms with E-state index in [1.165, 1.54) is 12.1 Å². The van der Waals surface area contributed by atoms with Gasteiger partial charge in [0.2, 0.25) is 5.95 Å². The molecule has 0 aliphatic heterocycles. The van der Waals surface area contributed by atoms with Crippen LogP contribution in [0, 0.1) is 11.4 Å². The van der Waals surface area contributed by atoms with Crippen LogP contribution in [0.15, 0.2) is 23.8 Å². The molecule has 1 aromatic heterocycles. The first-order valence-corrected chi connectivity index (χ1v) is 7.51. The molecule has 0 saturated heterocycles. The van der Waals surface area contributed by atoms with E-state index >= 15 is 0 Å². The molecule has 25 heavy (non-hydrogen) atoms. The minimum Gasteiger partial charge on any atom is -0.443 e. The van der Waals surface area contributed by atoms with Gasteiger partial charge in [-0.2, -0.15) is 4.39 Å². The highest BCUT2D eigenvalue weighted by Crippen LogP contribution is 2.19. The first-order chi connectivity index (χ1) is 11.6. The van der Waals surface area contributed by atoms with Crippen molar-refractivity contribution in [2.24, 2.45) is 0 Å².